The van der Waals surface area contributed by atoms with Crippen molar-refractivity contribution >= 4 is 21.6 Å². The second-order valence-corrected chi connectivity index (χ2v) is 3.06. The Hall–Kier alpha value is -1.29. The fraction of sp³-hybridized carbons (Fsp3) is 0.364. The summed E-state index contributed by atoms with van der Waals surface area (Å²) in [5, 5.41) is 8.98. The Labute approximate surface area is 93.0 Å². The number of fused-ring (bicyclic) bond motifs is 1. The zero-order valence-corrected chi connectivity index (χ0v) is 10.2. The molecular formula is C11H16O3S. The van der Waals surface area contributed by atoms with Crippen LogP contribution in [0.5, 0.6) is 5.75 Å². The van der Waals surface area contributed by atoms with Gasteiger partial charge in [0.2, 0.25) is 0 Å². The Balaban J connectivity index is 0.000000442. The quantitative estimate of drug-likeness (QED) is 0.749. The summed E-state index contributed by atoms with van der Waals surface area (Å²) in [6.45, 7) is 8.00. The van der Waals surface area contributed by atoms with Crippen LogP contribution < -0.4 is 4.94 Å². The number of phenols is 1. The van der Waals surface area contributed by atoms with Crippen molar-refractivity contribution in [2.45, 2.75) is 27.7 Å². The first-order chi connectivity index (χ1) is 7.25. The third-order valence-corrected chi connectivity index (χ3v) is 2.12. The molecule has 2 rings (SSSR count). The number of hydrogen-bond donors (Lipinski definition) is 1. The number of rotatable bonds is 0. The van der Waals surface area contributed by atoms with Crippen LogP contribution in [0.1, 0.15) is 27.7 Å². The normalized spacial score (nSPS) is 8.53. The molecule has 0 aliphatic rings. The number of phenolic OH excluding ortho intramolecular Hbond substituents is 1. The van der Waals surface area contributed by atoms with Gasteiger partial charge in [-0.25, -0.2) is 4.79 Å². The highest BCUT2D eigenvalue weighted by Gasteiger charge is 2.00. The summed E-state index contributed by atoms with van der Waals surface area (Å²) in [4.78, 5) is 10.3. The molecule has 0 aliphatic carbocycles. The average molecular weight is 228 g/mol. The summed E-state index contributed by atoms with van der Waals surface area (Å²) >= 11 is 1.03. The predicted molar refractivity (Wildman–Crippen MR) is 64.7 cm³/mol. The van der Waals surface area contributed by atoms with Gasteiger partial charge in [-0.3, -0.25) is 0 Å². The van der Waals surface area contributed by atoms with Crippen LogP contribution in [-0.2, 0) is 0 Å². The van der Waals surface area contributed by atoms with Gasteiger partial charge in [-0.2, -0.15) is 0 Å². The van der Waals surface area contributed by atoms with Crippen molar-refractivity contribution in [1.29, 1.82) is 0 Å². The Morgan fingerprint density at radius 1 is 1.20 bits per heavy atom. The first-order valence-corrected chi connectivity index (χ1v) is 5.80. The van der Waals surface area contributed by atoms with E-state index in [2.05, 4.69) is 0 Å². The average Bonchev–Trinajstić information content (AvgIpc) is 2.63. The van der Waals surface area contributed by atoms with E-state index in [0.717, 1.165) is 16.0 Å². The van der Waals surface area contributed by atoms with Crippen molar-refractivity contribution in [3.05, 3.63) is 27.9 Å². The molecule has 1 N–H and O–H groups in total. The molecule has 0 fully saturated rings. The van der Waals surface area contributed by atoms with Crippen molar-refractivity contribution in [1.82, 2.24) is 0 Å². The van der Waals surface area contributed by atoms with Gasteiger partial charge in [-0.05, 0) is 12.1 Å². The maximum Gasteiger partial charge on any atom is 0.396 e. The van der Waals surface area contributed by atoms with Gasteiger partial charge in [0.25, 0.3) is 0 Å². The maximum absolute atomic E-state index is 10.7. The molecule has 0 saturated heterocycles. The van der Waals surface area contributed by atoms with Crippen LogP contribution in [0, 0.1) is 0 Å². The summed E-state index contributed by atoms with van der Waals surface area (Å²) in [7, 11) is 0. The second kappa shape index (κ2) is 7.06. The van der Waals surface area contributed by atoms with E-state index in [0.29, 0.717) is 5.58 Å². The summed E-state index contributed by atoms with van der Waals surface area (Å²) in [5.74, 6) is 0.110. The van der Waals surface area contributed by atoms with E-state index in [4.69, 9.17) is 9.52 Å². The van der Waals surface area contributed by atoms with Gasteiger partial charge in [0.15, 0.2) is 5.58 Å². The van der Waals surface area contributed by atoms with E-state index in [1.165, 1.54) is 12.1 Å². The molecule has 4 heteroatoms. The lowest BCUT2D eigenvalue weighted by molar-refractivity contribution is 0.474. The molecule has 0 bridgehead atoms. The van der Waals surface area contributed by atoms with Crippen LogP contribution >= 0.6 is 11.3 Å². The van der Waals surface area contributed by atoms with Crippen LogP contribution in [0.15, 0.2) is 27.4 Å². The lowest BCUT2D eigenvalue weighted by Crippen LogP contribution is -1.79. The Morgan fingerprint density at radius 2 is 1.80 bits per heavy atom. The van der Waals surface area contributed by atoms with Crippen molar-refractivity contribution < 1.29 is 9.52 Å². The highest BCUT2D eigenvalue weighted by molar-refractivity contribution is 7.16. The first kappa shape index (κ1) is 13.7. The summed E-state index contributed by atoms with van der Waals surface area (Å²) in [6.07, 6.45) is 0. The van der Waals surface area contributed by atoms with Gasteiger partial charge >= 0.3 is 4.94 Å². The van der Waals surface area contributed by atoms with Crippen molar-refractivity contribution in [3.63, 3.8) is 0 Å². The molecule has 0 unspecified atom stereocenters. The SMILES string of the molecule is CC.CC.O=c1oc2cc(O)ccc2s1. The van der Waals surface area contributed by atoms with Crippen LogP contribution in [0.2, 0.25) is 0 Å². The van der Waals surface area contributed by atoms with E-state index in [-0.39, 0.29) is 10.7 Å². The fourth-order valence-corrected chi connectivity index (χ4v) is 1.51. The minimum Gasteiger partial charge on any atom is -0.508 e. The fourth-order valence-electron chi connectivity index (χ4n) is 0.861. The molecule has 0 aliphatic heterocycles. The lowest BCUT2D eigenvalue weighted by Gasteiger charge is -1.87. The van der Waals surface area contributed by atoms with E-state index in [9.17, 15) is 4.79 Å². The van der Waals surface area contributed by atoms with E-state index in [1.807, 2.05) is 27.7 Å². The summed E-state index contributed by atoms with van der Waals surface area (Å²) in [6, 6.07) is 4.60. The minimum atomic E-state index is -0.342. The van der Waals surface area contributed by atoms with Gasteiger partial charge in [-0.1, -0.05) is 39.0 Å². The monoisotopic (exact) mass is 228 g/mol. The zero-order chi connectivity index (χ0) is 11.8. The Morgan fingerprint density at radius 3 is 2.40 bits per heavy atom. The van der Waals surface area contributed by atoms with Gasteiger partial charge < -0.3 is 9.52 Å². The topological polar surface area (TPSA) is 50.4 Å². The number of hydrogen-bond acceptors (Lipinski definition) is 4. The van der Waals surface area contributed by atoms with Gasteiger partial charge in [0, 0.05) is 6.07 Å². The third-order valence-electron chi connectivity index (χ3n) is 1.31. The zero-order valence-electron chi connectivity index (χ0n) is 9.40. The Kier molecular flexibility index (Phi) is 6.45. The van der Waals surface area contributed by atoms with Gasteiger partial charge in [-0.15, -0.1) is 0 Å². The van der Waals surface area contributed by atoms with E-state index >= 15 is 0 Å². The van der Waals surface area contributed by atoms with Crippen molar-refractivity contribution in [3.8, 4) is 5.75 Å². The predicted octanol–water partition coefficient (Wildman–Crippen LogP) is 3.61. The molecule has 84 valence electrons. The summed E-state index contributed by atoms with van der Waals surface area (Å²) < 4.78 is 5.51. The number of aromatic hydroxyl groups is 1. The maximum atomic E-state index is 10.7. The van der Waals surface area contributed by atoms with Crippen LogP contribution in [0.25, 0.3) is 10.3 Å². The van der Waals surface area contributed by atoms with Crippen LogP contribution in [0.3, 0.4) is 0 Å². The molecule has 1 aromatic heterocycles. The molecule has 15 heavy (non-hydrogen) atoms. The molecule has 1 aromatic carbocycles. The first-order valence-electron chi connectivity index (χ1n) is 4.98. The van der Waals surface area contributed by atoms with E-state index in [1.54, 1.807) is 6.07 Å². The summed E-state index contributed by atoms with van der Waals surface area (Å²) in [5.41, 5.74) is 0.444. The largest absolute Gasteiger partial charge is 0.508 e. The number of benzene rings is 1. The highest BCUT2D eigenvalue weighted by Crippen LogP contribution is 2.21. The van der Waals surface area contributed by atoms with Crippen molar-refractivity contribution in [2.24, 2.45) is 0 Å². The molecule has 0 spiro atoms. The van der Waals surface area contributed by atoms with Crippen LogP contribution in [-0.4, -0.2) is 5.11 Å². The van der Waals surface area contributed by atoms with Gasteiger partial charge in [0.1, 0.15) is 5.75 Å². The Bertz CT molecular complexity index is 442. The lowest BCUT2D eigenvalue weighted by atomic mass is 10.3. The van der Waals surface area contributed by atoms with Gasteiger partial charge in [0.05, 0.1) is 4.70 Å². The molecule has 0 saturated carbocycles. The molecule has 0 atom stereocenters. The molecule has 0 amide bonds. The minimum absolute atomic E-state index is 0.110. The molecule has 1 heterocycles. The third kappa shape index (κ3) is 3.75. The smallest absolute Gasteiger partial charge is 0.396 e. The van der Waals surface area contributed by atoms with Crippen LogP contribution in [0.4, 0.5) is 0 Å². The molecule has 3 nitrogen and oxygen atoms in total. The van der Waals surface area contributed by atoms with Crippen molar-refractivity contribution in [2.75, 3.05) is 0 Å². The second-order valence-electron chi connectivity index (χ2n) is 2.09. The molecular weight excluding hydrogens is 212 g/mol. The standard InChI is InChI=1S/C7H4O3S.2C2H6/c8-4-1-2-6-5(3-4)10-7(9)11-6;2*1-2/h1-3,8H;2*1-2H3. The molecule has 2 aromatic rings. The van der Waals surface area contributed by atoms with E-state index < -0.39 is 0 Å². The highest BCUT2D eigenvalue weighted by atomic mass is 32.1. The molecule has 0 radical (unpaired) electrons.